The van der Waals surface area contributed by atoms with Crippen LogP contribution in [0.4, 0.5) is 0 Å². The van der Waals surface area contributed by atoms with Gasteiger partial charge in [0.1, 0.15) is 12.7 Å². The molecule has 1 heterocycles. The summed E-state index contributed by atoms with van der Waals surface area (Å²) in [7, 11) is -2.93. The maximum atomic E-state index is 11.7. The fourth-order valence-electron chi connectivity index (χ4n) is 2.96. The Morgan fingerprint density at radius 1 is 0.875 bits per heavy atom. The molecule has 1 rings (SSSR count). The summed E-state index contributed by atoms with van der Waals surface area (Å²) in [5, 5.41) is 0. The van der Waals surface area contributed by atoms with Crippen LogP contribution in [0.3, 0.4) is 0 Å². The quantitative estimate of drug-likeness (QED) is 0.0967. The van der Waals surface area contributed by atoms with E-state index in [1.807, 2.05) is 0 Å². The minimum absolute atomic E-state index is 0.108. The molecule has 0 aromatic carbocycles. The first-order chi connectivity index (χ1) is 15.5. The summed E-state index contributed by atoms with van der Waals surface area (Å²) in [6, 6.07) is 0. The highest BCUT2D eigenvalue weighted by Gasteiger charge is 2.32. The number of carbonyl (C=O) groups is 1. The number of esters is 1. The SMILES string of the molecule is CC/C=C\C/C=C\C/C=C\C/C=C\C/C=C\CCCCCC(=O)OCC1COP(C)(=O)O1. The Morgan fingerprint density at radius 2 is 1.44 bits per heavy atom. The molecule has 0 radical (unpaired) electrons. The summed E-state index contributed by atoms with van der Waals surface area (Å²) in [6.45, 7) is 3.90. The molecule has 1 fully saturated rings. The first-order valence-corrected chi connectivity index (χ1v) is 13.8. The number of allylic oxidation sites excluding steroid dienone is 10. The van der Waals surface area contributed by atoms with Gasteiger partial charge in [-0.05, 0) is 51.4 Å². The van der Waals surface area contributed by atoms with Gasteiger partial charge in [0.2, 0.25) is 0 Å². The van der Waals surface area contributed by atoms with Gasteiger partial charge in [-0.2, -0.15) is 0 Å². The van der Waals surface area contributed by atoms with Crippen LogP contribution in [-0.2, 0) is 23.1 Å². The van der Waals surface area contributed by atoms with Gasteiger partial charge in [0, 0.05) is 13.1 Å². The lowest BCUT2D eigenvalue weighted by molar-refractivity contribution is -0.146. The van der Waals surface area contributed by atoms with Crippen molar-refractivity contribution in [2.45, 2.75) is 77.2 Å². The lowest BCUT2D eigenvalue weighted by atomic mass is 10.1. The second-order valence-corrected chi connectivity index (χ2v) is 9.80. The zero-order valence-electron chi connectivity index (χ0n) is 19.8. The third-order valence-corrected chi connectivity index (χ3v) is 5.97. The Morgan fingerprint density at radius 3 is 1.97 bits per heavy atom. The molecular formula is C26H41O5P. The van der Waals surface area contributed by atoms with Crippen molar-refractivity contribution < 1.29 is 23.1 Å². The first kappa shape index (κ1) is 28.4. The van der Waals surface area contributed by atoms with Crippen LogP contribution < -0.4 is 0 Å². The van der Waals surface area contributed by atoms with Crippen LogP contribution >= 0.6 is 7.60 Å². The average molecular weight is 465 g/mol. The molecular weight excluding hydrogens is 423 g/mol. The van der Waals surface area contributed by atoms with Crippen molar-refractivity contribution in [2.24, 2.45) is 0 Å². The molecule has 1 saturated heterocycles. The van der Waals surface area contributed by atoms with Crippen LogP contribution in [0, 0.1) is 0 Å². The maximum Gasteiger partial charge on any atom is 0.328 e. The minimum atomic E-state index is -2.93. The molecule has 0 N–H and O–H groups in total. The van der Waals surface area contributed by atoms with Crippen molar-refractivity contribution in [3.8, 4) is 0 Å². The molecule has 32 heavy (non-hydrogen) atoms. The van der Waals surface area contributed by atoms with E-state index >= 15 is 0 Å². The Bertz CT molecular complexity index is 690. The molecule has 2 unspecified atom stereocenters. The zero-order chi connectivity index (χ0) is 23.3. The van der Waals surface area contributed by atoms with Gasteiger partial charge in [0.05, 0.1) is 6.61 Å². The second kappa shape index (κ2) is 18.8. The zero-order valence-corrected chi connectivity index (χ0v) is 20.7. The van der Waals surface area contributed by atoms with Gasteiger partial charge in [-0.15, -0.1) is 0 Å². The van der Waals surface area contributed by atoms with Gasteiger partial charge in [0.25, 0.3) is 0 Å². The molecule has 0 saturated carbocycles. The molecule has 0 spiro atoms. The minimum Gasteiger partial charge on any atom is -0.463 e. The molecule has 0 aromatic heterocycles. The fraction of sp³-hybridized carbons (Fsp3) is 0.577. The van der Waals surface area contributed by atoms with Crippen molar-refractivity contribution in [1.29, 1.82) is 0 Å². The summed E-state index contributed by atoms with van der Waals surface area (Å²) >= 11 is 0. The van der Waals surface area contributed by atoms with Gasteiger partial charge in [-0.25, -0.2) is 0 Å². The molecule has 5 nitrogen and oxygen atoms in total. The molecule has 6 heteroatoms. The Kier molecular flexibility index (Phi) is 16.7. The van der Waals surface area contributed by atoms with Gasteiger partial charge >= 0.3 is 13.6 Å². The molecule has 0 bridgehead atoms. The van der Waals surface area contributed by atoms with Crippen molar-refractivity contribution in [2.75, 3.05) is 19.9 Å². The summed E-state index contributed by atoms with van der Waals surface area (Å²) in [5.41, 5.74) is 0. The largest absolute Gasteiger partial charge is 0.463 e. The number of carbonyl (C=O) groups excluding carboxylic acids is 1. The first-order valence-electron chi connectivity index (χ1n) is 11.8. The summed E-state index contributed by atoms with van der Waals surface area (Å²) in [5.74, 6) is -0.235. The predicted molar refractivity (Wildman–Crippen MR) is 133 cm³/mol. The van der Waals surface area contributed by atoms with Crippen LogP contribution in [0.5, 0.6) is 0 Å². The third kappa shape index (κ3) is 16.9. The number of hydrogen-bond donors (Lipinski definition) is 0. The van der Waals surface area contributed by atoms with Crippen molar-refractivity contribution >= 4 is 13.6 Å². The molecule has 0 aliphatic carbocycles. The van der Waals surface area contributed by atoms with Gasteiger partial charge in [0.15, 0.2) is 0 Å². The van der Waals surface area contributed by atoms with Crippen molar-refractivity contribution in [1.82, 2.24) is 0 Å². The van der Waals surface area contributed by atoms with Gasteiger partial charge in [-0.3, -0.25) is 13.9 Å². The standard InChI is InChI=1S/C26H41O5P/c1-3-4-5-6-7-8-9-10-11-12-13-14-15-16-17-18-19-20-21-22-26(27)29-23-25-24-30-32(2,28)31-25/h4-5,7-8,10-11,13-14,16-17,25H,3,6,9,12,15,18-24H2,1-2H3/b5-4-,8-7-,11-10-,14-13-,17-16-. The van der Waals surface area contributed by atoms with Crippen LogP contribution in [0.15, 0.2) is 60.8 Å². The lowest BCUT2D eigenvalue weighted by Crippen LogP contribution is -2.20. The maximum absolute atomic E-state index is 11.7. The van der Waals surface area contributed by atoms with E-state index in [0.717, 1.165) is 57.8 Å². The van der Waals surface area contributed by atoms with E-state index in [2.05, 4.69) is 67.7 Å². The van der Waals surface area contributed by atoms with E-state index < -0.39 is 13.7 Å². The highest BCUT2D eigenvalue weighted by atomic mass is 31.2. The number of unbranched alkanes of at least 4 members (excludes halogenated alkanes) is 3. The van der Waals surface area contributed by atoms with Crippen LogP contribution in [0.1, 0.15) is 71.1 Å². The molecule has 180 valence electrons. The van der Waals surface area contributed by atoms with Gasteiger partial charge in [-0.1, -0.05) is 74.1 Å². The predicted octanol–water partition coefficient (Wildman–Crippen LogP) is 7.47. The van der Waals surface area contributed by atoms with Crippen molar-refractivity contribution in [3.63, 3.8) is 0 Å². The second-order valence-electron chi connectivity index (χ2n) is 7.78. The van der Waals surface area contributed by atoms with E-state index in [4.69, 9.17) is 13.8 Å². The Balaban J connectivity index is 1.90. The monoisotopic (exact) mass is 464 g/mol. The van der Waals surface area contributed by atoms with Crippen molar-refractivity contribution in [3.05, 3.63) is 60.8 Å². The van der Waals surface area contributed by atoms with E-state index in [1.54, 1.807) is 0 Å². The molecule has 2 atom stereocenters. The van der Waals surface area contributed by atoms with E-state index in [1.165, 1.54) is 6.66 Å². The third-order valence-electron chi connectivity index (χ3n) is 4.68. The summed E-state index contributed by atoms with van der Waals surface area (Å²) in [6.07, 6.45) is 31.0. The fourth-order valence-corrected chi connectivity index (χ4v) is 4.12. The van der Waals surface area contributed by atoms with E-state index in [0.29, 0.717) is 6.42 Å². The lowest BCUT2D eigenvalue weighted by Gasteiger charge is -2.09. The number of hydrogen-bond acceptors (Lipinski definition) is 5. The Hall–Kier alpha value is -1.68. The highest BCUT2D eigenvalue weighted by Crippen LogP contribution is 2.50. The van der Waals surface area contributed by atoms with E-state index in [-0.39, 0.29) is 19.2 Å². The molecule has 0 aromatic rings. The molecule has 0 amide bonds. The Labute approximate surface area is 194 Å². The van der Waals surface area contributed by atoms with Crippen LogP contribution in [0.2, 0.25) is 0 Å². The van der Waals surface area contributed by atoms with Crippen LogP contribution in [0.25, 0.3) is 0 Å². The number of ether oxygens (including phenoxy) is 1. The van der Waals surface area contributed by atoms with Crippen LogP contribution in [-0.4, -0.2) is 32.0 Å². The summed E-state index contributed by atoms with van der Waals surface area (Å²) < 4.78 is 26.9. The summed E-state index contributed by atoms with van der Waals surface area (Å²) in [4.78, 5) is 11.7. The highest BCUT2D eigenvalue weighted by molar-refractivity contribution is 7.53. The molecule has 1 aliphatic rings. The topological polar surface area (TPSA) is 61.8 Å². The van der Waals surface area contributed by atoms with Gasteiger partial charge < -0.3 is 9.26 Å². The number of rotatable bonds is 17. The normalized spacial score (nSPS) is 21.9. The average Bonchev–Trinajstić information content (AvgIpc) is 3.12. The smallest absolute Gasteiger partial charge is 0.328 e. The van der Waals surface area contributed by atoms with E-state index in [9.17, 15) is 9.36 Å². The molecule has 1 aliphatic heterocycles.